The van der Waals surface area contributed by atoms with Crippen LogP contribution in [0.4, 0.5) is 0 Å². The van der Waals surface area contributed by atoms with Gasteiger partial charge in [-0.25, -0.2) is 0 Å². The Bertz CT molecular complexity index is 293. The van der Waals surface area contributed by atoms with Crippen LogP contribution in [0.3, 0.4) is 0 Å². The summed E-state index contributed by atoms with van der Waals surface area (Å²) in [6.45, 7) is 8.80. The molecule has 0 saturated heterocycles. The number of furan rings is 1. The van der Waals surface area contributed by atoms with Gasteiger partial charge in [-0.2, -0.15) is 0 Å². The summed E-state index contributed by atoms with van der Waals surface area (Å²) in [6.07, 6.45) is 1.59. The third kappa shape index (κ3) is 2.36. The molecule has 0 amide bonds. The lowest BCUT2D eigenvalue weighted by Gasteiger charge is -2.16. The van der Waals surface area contributed by atoms with E-state index in [2.05, 4.69) is 11.9 Å². The van der Waals surface area contributed by atoms with Crippen molar-refractivity contribution in [2.24, 2.45) is 0 Å². The van der Waals surface area contributed by atoms with Gasteiger partial charge < -0.3 is 9.73 Å². The van der Waals surface area contributed by atoms with Crippen LogP contribution >= 0.6 is 11.6 Å². The average Bonchev–Trinajstić information content (AvgIpc) is 2.47. The van der Waals surface area contributed by atoms with Crippen LogP contribution in [0.2, 0.25) is 5.22 Å². The Kier molecular flexibility index (Phi) is 3.58. The van der Waals surface area contributed by atoms with E-state index in [1.165, 1.54) is 0 Å². The van der Waals surface area contributed by atoms with Gasteiger partial charge in [0.15, 0.2) is 5.22 Å². The second kappa shape index (κ2) is 4.49. The maximum absolute atomic E-state index is 5.87. The molecular weight excluding hydrogens is 186 g/mol. The average molecular weight is 200 g/mol. The van der Waals surface area contributed by atoms with Crippen molar-refractivity contribution in [2.45, 2.75) is 19.9 Å². The highest BCUT2D eigenvalue weighted by Gasteiger charge is 2.15. The predicted octanol–water partition coefficient (Wildman–Crippen LogP) is 3.16. The van der Waals surface area contributed by atoms with Gasteiger partial charge in [0, 0.05) is 5.56 Å². The molecule has 1 rings (SSSR count). The van der Waals surface area contributed by atoms with Gasteiger partial charge in [-0.1, -0.05) is 19.1 Å². The number of rotatable bonds is 4. The SMILES string of the molecule is C=C(C)C(NCC)c1ccoc1Cl. The van der Waals surface area contributed by atoms with Crippen LogP contribution in [0, 0.1) is 0 Å². The minimum absolute atomic E-state index is 0.0938. The largest absolute Gasteiger partial charge is 0.453 e. The Labute approximate surface area is 83.6 Å². The lowest BCUT2D eigenvalue weighted by molar-refractivity contribution is 0.553. The standard InChI is InChI=1S/C10H14ClNO/c1-4-12-9(7(2)3)8-5-6-13-10(8)11/h5-6,9,12H,2,4H2,1,3H3. The first kappa shape index (κ1) is 10.4. The molecule has 3 heteroatoms. The van der Waals surface area contributed by atoms with Crippen LogP contribution in [-0.2, 0) is 0 Å². The van der Waals surface area contributed by atoms with Gasteiger partial charge in [-0.05, 0) is 31.1 Å². The Balaban J connectivity index is 2.88. The van der Waals surface area contributed by atoms with E-state index in [9.17, 15) is 0 Å². The second-order valence-corrected chi connectivity index (χ2v) is 3.33. The molecule has 0 aliphatic heterocycles. The smallest absolute Gasteiger partial charge is 0.198 e. The van der Waals surface area contributed by atoms with Crippen molar-refractivity contribution in [3.05, 3.63) is 35.3 Å². The highest BCUT2D eigenvalue weighted by atomic mass is 35.5. The van der Waals surface area contributed by atoms with Crippen molar-refractivity contribution >= 4 is 11.6 Å². The molecule has 1 N–H and O–H groups in total. The highest BCUT2D eigenvalue weighted by Crippen LogP contribution is 2.27. The Morgan fingerprint density at radius 3 is 2.85 bits per heavy atom. The second-order valence-electron chi connectivity index (χ2n) is 2.99. The number of hydrogen-bond acceptors (Lipinski definition) is 2. The molecule has 13 heavy (non-hydrogen) atoms. The van der Waals surface area contributed by atoms with Gasteiger partial charge in [-0.15, -0.1) is 0 Å². The highest BCUT2D eigenvalue weighted by molar-refractivity contribution is 6.29. The molecule has 2 nitrogen and oxygen atoms in total. The normalized spacial score (nSPS) is 12.8. The molecule has 0 spiro atoms. The zero-order chi connectivity index (χ0) is 9.84. The molecule has 0 aliphatic rings. The fourth-order valence-corrected chi connectivity index (χ4v) is 1.49. The summed E-state index contributed by atoms with van der Waals surface area (Å²) in [5.74, 6) is 0. The fourth-order valence-electron chi connectivity index (χ4n) is 1.26. The molecule has 72 valence electrons. The maximum atomic E-state index is 5.87. The zero-order valence-corrected chi connectivity index (χ0v) is 8.69. The van der Waals surface area contributed by atoms with Crippen molar-refractivity contribution in [3.8, 4) is 0 Å². The van der Waals surface area contributed by atoms with E-state index in [4.69, 9.17) is 16.0 Å². The van der Waals surface area contributed by atoms with E-state index < -0.39 is 0 Å². The number of likely N-dealkylation sites (N-methyl/N-ethyl adjacent to an activating group) is 1. The van der Waals surface area contributed by atoms with E-state index in [1.807, 2.05) is 19.9 Å². The van der Waals surface area contributed by atoms with Crippen LogP contribution < -0.4 is 5.32 Å². The van der Waals surface area contributed by atoms with Gasteiger partial charge >= 0.3 is 0 Å². The van der Waals surface area contributed by atoms with Gasteiger partial charge in [0.1, 0.15) is 0 Å². The first-order valence-electron chi connectivity index (χ1n) is 4.28. The third-order valence-corrected chi connectivity index (χ3v) is 2.17. The number of halogens is 1. The molecule has 1 aromatic heterocycles. The Hall–Kier alpha value is -0.730. The van der Waals surface area contributed by atoms with Gasteiger partial charge in [0.05, 0.1) is 12.3 Å². The van der Waals surface area contributed by atoms with Gasteiger partial charge in [0.2, 0.25) is 0 Å². The van der Waals surface area contributed by atoms with Gasteiger partial charge in [0.25, 0.3) is 0 Å². The molecule has 0 fully saturated rings. The molecular formula is C10H14ClNO. The van der Waals surface area contributed by atoms with Crippen molar-refractivity contribution in [3.63, 3.8) is 0 Å². The topological polar surface area (TPSA) is 25.2 Å². The first-order chi connectivity index (χ1) is 6.16. The molecule has 0 saturated carbocycles. The van der Waals surface area contributed by atoms with Crippen LogP contribution in [-0.4, -0.2) is 6.54 Å². The van der Waals surface area contributed by atoms with Crippen molar-refractivity contribution in [2.75, 3.05) is 6.54 Å². The summed E-state index contributed by atoms with van der Waals surface area (Å²) in [6, 6.07) is 1.96. The zero-order valence-electron chi connectivity index (χ0n) is 7.93. The van der Waals surface area contributed by atoms with E-state index in [-0.39, 0.29) is 6.04 Å². The lowest BCUT2D eigenvalue weighted by Crippen LogP contribution is -2.21. The first-order valence-corrected chi connectivity index (χ1v) is 4.66. The van der Waals surface area contributed by atoms with Crippen molar-refractivity contribution in [1.82, 2.24) is 5.32 Å². The van der Waals surface area contributed by atoms with Crippen molar-refractivity contribution in [1.29, 1.82) is 0 Å². The maximum Gasteiger partial charge on any atom is 0.198 e. The summed E-state index contributed by atoms with van der Waals surface area (Å²) in [5, 5.41) is 3.72. The molecule has 0 radical (unpaired) electrons. The summed E-state index contributed by atoms with van der Waals surface area (Å²) < 4.78 is 5.03. The molecule has 1 unspecified atom stereocenters. The lowest BCUT2D eigenvalue weighted by atomic mass is 10.0. The van der Waals surface area contributed by atoms with Crippen LogP contribution in [0.15, 0.2) is 28.9 Å². The Morgan fingerprint density at radius 1 is 1.77 bits per heavy atom. The van der Waals surface area contributed by atoms with Crippen LogP contribution in [0.1, 0.15) is 25.5 Å². The minimum Gasteiger partial charge on any atom is -0.453 e. The molecule has 0 bridgehead atoms. The van der Waals surface area contributed by atoms with Crippen LogP contribution in [0.5, 0.6) is 0 Å². The summed E-state index contributed by atoms with van der Waals surface area (Å²) >= 11 is 5.87. The quantitative estimate of drug-likeness (QED) is 0.754. The Morgan fingerprint density at radius 2 is 2.46 bits per heavy atom. The molecule has 1 heterocycles. The van der Waals surface area contributed by atoms with E-state index in [0.717, 1.165) is 17.7 Å². The van der Waals surface area contributed by atoms with E-state index in [0.29, 0.717) is 5.22 Å². The fraction of sp³-hybridized carbons (Fsp3) is 0.400. The van der Waals surface area contributed by atoms with Crippen molar-refractivity contribution < 1.29 is 4.42 Å². The van der Waals surface area contributed by atoms with E-state index in [1.54, 1.807) is 6.26 Å². The minimum atomic E-state index is 0.0938. The number of hydrogen-bond donors (Lipinski definition) is 1. The monoisotopic (exact) mass is 199 g/mol. The summed E-state index contributed by atoms with van der Waals surface area (Å²) in [5.41, 5.74) is 1.99. The number of nitrogens with one attached hydrogen (secondary N) is 1. The molecule has 1 atom stereocenters. The molecule has 1 aromatic rings. The third-order valence-electron chi connectivity index (χ3n) is 1.86. The predicted molar refractivity (Wildman–Crippen MR) is 54.9 cm³/mol. The van der Waals surface area contributed by atoms with Crippen LogP contribution in [0.25, 0.3) is 0 Å². The summed E-state index contributed by atoms with van der Waals surface area (Å²) in [4.78, 5) is 0. The van der Waals surface area contributed by atoms with E-state index >= 15 is 0 Å². The van der Waals surface area contributed by atoms with Gasteiger partial charge in [-0.3, -0.25) is 0 Å². The molecule has 0 aliphatic carbocycles. The molecule has 0 aromatic carbocycles. The summed E-state index contributed by atoms with van der Waals surface area (Å²) in [7, 11) is 0.